The van der Waals surface area contributed by atoms with Gasteiger partial charge in [-0.25, -0.2) is 0 Å². The zero-order valence-corrected chi connectivity index (χ0v) is 11.8. The predicted molar refractivity (Wildman–Crippen MR) is 75.2 cm³/mol. The summed E-state index contributed by atoms with van der Waals surface area (Å²) in [6, 6.07) is 0. The zero-order chi connectivity index (χ0) is 13.8. The van der Waals surface area contributed by atoms with Gasteiger partial charge in [0.05, 0.1) is 11.3 Å². The van der Waals surface area contributed by atoms with Gasteiger partial charge in [0, 0.05) is 12.8 Å². The number of aliphatic hydroxyl groups is 1. The van der Waals surface area contributed by atoms with Gasteiger partial charge in [0.25, 0.3) is 0 Å². The molecule has 1 aliphatic rings. The second kappa shape index (κ2) is 7.09. The highest BCUT2D eigenvalue weighted by molar-refractivity contribution is 6.23. The molecule has 0 unspecified atom stereocenters. The van der Waals surface area contributed by atoms with E-state index in [0.29, 0.717) is 30.5 Å². The van der Waals surface area contributed by atoms with Crippen molar-refractivity contribution in [2.45, 2.75) is 40.0 Å². The van der Waals surface area contributed by atoms with Crippen molar-refractivity contribution in [2.75, 3.05) is 6.61 Å². The molecular weight excluding hydrogens is 246 g/mol. The minimum atomic E-state index is -0.189. The Morgan fingerprint density at radius 3 is 2.63 bits per heavy atom. The van der Waals surface area contributed by atoms with Crippen molar-refractivity contribution in [1.29, 1.82) is 0 Å². The summed E-state index contributed by atoms with van der Waals surface area (Å²) >= 11 is 0. The molecule has 5 nitrogen and oxygen atoms in total. The molecule has 1 aliphatic carbocycles. The Kier molecular flexibility index (Phi) is 6.48. The highest BCUT2D eigenvalue weighted by Gasteiger charge is 2.34. The van der Waals surface area contributed by atoms with E-state index in [1.165, 1.54) is 0 Å². The monoisotopic (exact) mass is 269 g/mol. The van der Waals surface area contributed by atoms with E-state index >= 15 is 0 Å². The van der Waals surface area contributed by atoms with E-state index < -0.39 is 0 Å². The van der Waals surface area contributed by atoms with Gasteiger partial charge in [0.1, 0.15) is 12.4 Å². The molecule has 3 N–H and O–H groups in total. The van der Waals surface area contributed by atoms with E-state index in [-0.39, 0.29) is 29.0 Å². The standard InChI is InChI=1S/C14H21NO3.H2O/c1-5-7-18-15-10(6-2)13-11(16)8-14(3,4)9-12(13)17;/h5,16H,1,6-9H2,2-4H3;1H2. The first kappa shape index (κ1) is 17.4. The average Bonchev–Trinajstić information content (AvgIpc) is 2.24. The van der Waals surface area contributed by atoms with Crippen molar-refractivity contribution in [1.82, 2.24) is 0 Å². The molecule has 1 rings (SSSR count). The summed E-state index contributed by atoms with van der Waals surface area (Å²) in [4.78, 5) is 17.1. The Bertz CT molecular complexity index is 408. The van der Waals surface area contributed by atoms with Gasteiger partial charge in [0.2, 0.25) is 0 Å². The summed E-state index contributed by atoms with van der Waals surface area (Å²) in [6.07, 6.45) is 3.04. The largest absolute Gasteiger partial charge is 0.511 e. The van der Waals surface area contributed by atoms with Crippen LogP contribution in [0.2, 0.25) is 0 Å². The minimum absolute atomic E-state index is 0. The highest BCUT2D eigenvalue weighted by Crippen LogP contribution is 2.36. The first-order valence-corrected chi connectivity index (χ1v) is 6.16. The lowest BCUT2D eigenvalue weighted by Gasteiger charge is -2.29. The van der Waals surface area contributed by atoms with Crippen LogP contribution in [0, 0.1) is 5.41 Å². The van der Waals surface area contributed by atoms with Crippen molar-refractivity contribution in [3.8, 4) is 0 Å². The summed E-state index contributed by atoms with van der Waals surface area (Å²) in [5, 5.41) is 13.9. The Morgan fingerprint density at radius 1 is 1.53 bits per heavy atom. The molecule has 0 atom stereocenters. The molecule has 0 bridgehead atoms. The van der Waals surface area contributed by atoms with Crippen LogP contribution in [-0.4, -0.2) is 28.7 Å². The number of carbonyl (C=O) groups excluding carboxylic acids is 1. The molecule has 19 heavy (non-hydrogen) atoms. The number of Topliss-reactive ketones (excluding diaryl/α,β-unsaturated/α-hetero) is 1. The molecular formula is C14H23NO4. The van der Waals surface area contributed by atoms with Crippen molar-refractivity contribution in [2.24, 2.45) is 10.6 Å². The van der Waals surface area contributed by atoms with E-state index in [4.69, 9.17) is 4.84 Å². The third-order valence-electron chi connectivity index (χ3n) is 2.84. The van der Waals surface area contributed by atoms with Gasteiger partial charge < -0.3 is 15.4 Å². The summed E-state index contributed by atoms with van der Waals surface area (Å²) in [7, 11) is 0. The van der Waals surface area contributed by atoms with E-state index in [0.717, 1.165) is 0 Å². The smallest absolute Gasteiger partial charge is 0.168 e. The predicted octanol–water partition coefficient (Wildman–Crippen LogP) is 2.33. The lowest BCUT2D eigenvalue weighted by molar-refractivity contribution is -0.118. The number of hydrogen-bond donors (Lipinski definition) is 1. The molecule has 0 aromatic heterocycles. The maximum Gasteiger partial charge on any atom is 0.168 e. The van der Waals surface area contributed by atoms with Gasteiger partial charge in [-0.1, -0.05) is 38.6 Å². The molecule has 0 amide bonds. The maximum absolute atomic E-state index is 12.1. The fourth-order valence-corrected chi connectivity index (χ4v) is 2.07. The van der Waals surface area contributed by atoms with Gasteiger partial charge in [-0.05, 0) is 11.8 Å². The second-order valence-electron chi connectivity index (χ2n) is 5.24. The SMILES string of the molecule is C=CCON=C(CC)C1=C(O)CC(C)(C)CC1=O.O. The van der Waals surface area contributed by atoms with Crippen LogP contribution in [0.4, 0.5) is 0 Å². The van der Waals surface area contributed by atoms with Gasteiger partial charge in [-0.2, -0.15) is 0 Å². The average molecular weight is 269 g/mol. The Morgan fingerprint density at radius 2 is 2.16 bits per heavy atom. The molecule has 0 heterocycles. The van der Waals surface area contributed by atoms with Crippen LogP contribution in [-0.2, 0) is 9.63 Å². The van der Waals surface area contributed by atoms with Gasteiger partial charge in [0.15, 0.2) is 5.78 Å². The van der Waals surface area contributed by atoms with E-state index in [9.17, 15) is 9.90 Å². The molecule has 0 saturated carbocycles. The number of hydrogen-bond acceptors (Lipinski definition) is 4. The molecule has 5 heteroatoms. The van der Waals surface area contributed by atoms with Crippen LogP contribution in [0.25, 0.3) is 0 Å². The molecule has 0 spiro atoms. The summed E-state index contributed by atoms with van der Waals surface area (Å²) in [5.41, 5.74) is 0.654. The lowest BCUT2D eigenvalue weighted by Crippen LogP contribution is -2.29. The molecule has 0 aliphatic heterocycles. The van der Waals surface area contributed by atoms with E-state index in [1.54, 1.807) is 6.08 Å². The van der Waals surface area contributed by atoms with Crippen molar-refractivity contribution < 1.29 is 20.2 Å². The Labute approximate surface area is 113 Å². The van der Waals surface area contributed by atoms with Crippen LogP contribution in [0.5, 0.6) is 0 Å². The Balaban J connectivity index is 0.00000324. The topological polar surface area (TPSA) is 90.4 Å². The van der Waals surface area contributed by atoms with E-state index in [1.807, 2.05) is 20.8 Å². The van der Waals surface area contributed by atoms with Gasteiger partial charge >= 0.3 is 0 Å². The van der Waals surface area contributed by atoms with E-state index in [2.05, 4.69) is 11.7 Å². The number of oxime groups is 1. The number of nitrogens with zero attached hydrogens (tertiary/aromatic N) is 1. The third-order valence-corrected chi connectivity index (χ3v) is 2.84. The molecule has 108 valence electrons. The van der Waals surface area contributed by atoms with Crippen LogP contribution in [0.15, 0.2) is 29.1 Å². The highest BCUT2D eigenvalue weighted by atomic mass is 16.6. The molecule has 0 aromatic rings. The van der Waals surface area contributed by atoms with Gasteiger partial charge in [-0.15, -0.1) is 0 Å². The fraction of sp³-hybridized carbons (Fsp3) is 0.571. The lowest BCUT2D eigenvalue weighted by atomic mass is 9.75. The Hall–Kier alpha value is -1.62. The van der Waals surface area contributed by atoms with Crippen LogP contribution in [0.1, 0.15) is 40.0 Å². The first-order valence-electron chi connectivity index (χ1n) is 6.16. The maximum atomic E-state index is 12.1. The zero-order valence-electron chi connectivity index (χ0n) is 11.8. The van der Waals surface area contributed by atoms with Crippen molar-refractivity contribution in [3.63, 3.8) is 0 Å². The van der Waals surface area contributed by atoms with Crippen LogP contribution >= 0.6 is 0 Å². The molecule has 0 aromatic carbocycles. The number of aliphatic hydroxyl groups excluding tert-OH is 1. The van der Waals surface area contributed by atoms with Gasteiger partial charge in [-0.3, -0.25) is 4.79 Å². The summed E-state index contributed by atoms with van der Waals surface area (Å²) in [6.45, 7) is 9.62. The molecule has 0 saturated heterocycles. The number of ketones is 1. The first-order chi connectivity index (χ1) is 8.41. The van der Waals surface area contributed by atoms with Crippen molar-refractivity contribution in [3.05, 3.63) is 24.0 Å². The number of carbonyl (C=O) groups is 1. The third kappa shape index (κ3) is 4.52. The fourth-order valence-electron chi connectivity index (χ4n) is 2.07. The molecule has 0 fully saturated rings. The summed E-state index contributed by atoms with van der Waals surface area (Å²) < 4.78 is 0. The van der Waals surface area contributed by atoms with Crippen LogP contribution in [0.3, 0.4) is 0 Å². The second-order valence-corrected chi connectivity index (χ2v) is 5.24. The summed E-state index contributed by atoms with van der Waals surface area (Å²) in [5.74, 6) is 0.0607. The number of rotatable bonds is 5. The van der Waals surface area contributed by atoms with Crippen molar-refractivity contribution >= 4 is 11.5 Å². The minimum Gasteiger partial charge on any atom is -0.511 e. The molecule has 0 radical (unpaired) electrons. The number of allylic oxidation sites excluding steroid dienone is 2. The quantitative estimate of drug-likeness (QED) is 0.359. The van der Waals surface area contributed by atoms with Crippen LogP contribution < -0.4 is 0 Å². The normalized spacial score (nSPS) is 18.9.